The fraction of sp³-hybridized carbons (Fsp3) is 0.263. The Morgan fingerprint density at radius 3 is 2.69 bits per heavy atom. The summed E-state index contributed by atoms with van der Waals surface area (Å²) in [4.78, 5) is 16.9. The first kappa shape index (κ1) is 16.4. The maximum atomic E-state index is 12.9. The van der Waals surface area contributed by atoms with E-state index in [0.717, 1.165) is 12.1 Å². The van der Waals surface area contributed by atoms with Crippen molar-refractivity contribution in [3.8, 4) is 5.69 Å². The van der Waals surface area contributed by atoms with E-state index < -0.39 is 0 Å². The van der Waals surface area contributed by atoms with E-state index in [1.165, 1.54) is 5.56 Å². The Bertz CT molecular complexity index is 867. The van der Waals surface area contributed by atoms with Gasteiger partial charge in [0.25, 0.3) is 5.91 Å². The van der Waals surface area contributed by atoms with E-state index in [1.807, 2.05) is 30.3 Å². The molecule has 2 aromatic heterocycles. The standard InChI is InChI=1S/C19H19N5O2/c25-19(16-3-1-2-4-18(16)24-12-21-22-13-24)23-17-11-26-10-15(17)9-14-5-7-20-8-6-14/h1-8,12-13,15,17H,9-11H2,(H,23,25)/t15-,17-/m1/s1. The van der Waals surface area contributed by atoms with Crippen LogP contribution in [-0.4, -0.2) is 44.9 Å². The monoisotopic (exact) mass is 349 g/mol. The minimum atomic E-state index is -0.121. The number of nitrogens with zero attached hydrogens (tertiary/aromatic N) is 4. The van der Waals surface area contributed by atoms with Gasteiger partial charge in [-0.1, -0.05) is 12.1 Å². The van der Waals surface area contributed by atoms with E-state index in [9.17, 15) is 4.79 Å². The molecule has 0 saturated carbocycles. The number of hydrogen-bond donors (Lipinski definition) is 1. The van der Waals surface area contributed by atoms with E-state index in [1.54, 1.807) is 35.7 Å². The van der Waals surface area contributed by atoms with Gasteiger partial charge in [-0.05, 0) is 36.2 Å². The molecule has 0 radical (unpaired) electrons. The van der Waals surface area contributed by atoms with Gasteiger partial charge in [-0.25, -0.2) is 0 Å². The van der Waals surface area contributed by atoms with Crippen molar-refractivity contribution in [1.29, 1.82) is 0 Å². The lowest BCUT2D eigenvalue weighted by Gasteiger charge is -2.20. The quantitative estimate of drug-likeness (QED) is 0.757. The van der Waals surface area contributed by atoms with Gasteiger partial charge < -0.3 is 10.1 Å². The average molecular weight is 349 g/mol. The highest BCUT2D eigenvalue weighted by Gasteiger charge is 2.30. The lowest BCUT2D eigenvalue weighted by Crippen LogP contribution is -2.41. The third-order valence-corrected chi connectivity index (χ3v) is 4.61. The summed E-state index contributed by atoms with van der Waals surface area (Å²) in [6.07, 6.45) is 7.58. The minimum absolute atomic E-state index is 0.0235. The molecule has 3 aromatic rings. The second kappa shape index (κ2) is 7.45. The maximum absolute atomic E-state index is 12.9. The fourth-order valence-corrected chi connectivity index (χ4v) is 3.24. The number of benzene rings is 1. The van der Waals surface area contributed by atoms with Crippen LogP contribution in [0.3, 0.4) is 0 Å². The van der Waals surface area contributed by atoms with Crippen LogP contribution in [0.4, 0.5) is 0 Å². The fourth-order valence-electron chi connectivity index (χ4n) is 3.24. The van der Waals surface area contributed by atoms with Crippen LogP contribution in [0.15, 0.2) is 61.4 Å². The number of nitrogens with one attached hydrogen (secondary N) is 1. The predicted molar refractivity (Wildman–Crippen MR) is 94.9 cm³/mol. The third-order valence-electron chi connectivity index (χ3n) is 4.61. The lowest BCUT2D eigenvalue weighted by molar-refractivity contribution is 0.0925. The summed E-state index contributed by atoms with van der Waals surface area (Å²) in [5.41, 5.74) is 2.53. The van der Waals surface area contributed by atoms with Crippen molar-refractivity contribution in [2.24, 2.45) is 5.92 Å². The number of para-hydroxylation sites is 1. The van der Waals surface area contributed by atoms with Crippen LogP contribution in [0.2, 0.25) is 0 Å². The molecule has 4 rings (SSSR count). The largest absolute Gasteiger partial charge is 0.379 e. The van der Waals surface area contributed by atoms with E-state index >= 15 is 0 Å². The predicted octanol–water partition coefficient (Wildman–Crippen LogP) is 1.65. The molecule has 1 N–H and O–H groups in total. The Morgan fingerprint density at radius 2 is 1.88 bits per heavy atom. The van der Waals surface area contributed by atoms with Crippen molar-refractivity contribution < 1.29 is 9.53 Å². The molecule has 26 heavy (non-hydrogen) atoms. The molecule has 132 valence electrons. The molecule has 1 saturated heterocycles. The third kappa shape index (κ3) is 3.48. The molecule has 1 aliphatic rings. The van der Waals surface area contributed by atoms with Crippen molar-refractivity contribution in [2.75, 3.05) is 13.2 Å². The zero-order valence-electron chi connectivity index (χ0n) is 14.2. The molecule has 0 aliphatic carbocycles. The van der Waals surface area contributed by atoms with Crippen molar-refractivity contribution in [2.45, 2.75) is 12.5 Å². The van der Waals surface area contributed by atoms with Gasteiger partial charge in [-0.2, -0.15) is 0 Å². The van der Waals surface area contributed by atoms with Gasteiger partial charge >= 0.3 is 0 Å². The minimum Gasteiger partial charge on any atom is -0.379 e. The molecule has 1 amide bonds. The van der Waals surface area contributed by atoms with Gasteiger partial charge in [0.05, 0.1) is 30.5 Å². The molecular weight excluding hydrogens is 330 g/mol. The Balaban J connectivity index is 1.50. The van der Waals surface area contributed by atoms with Gasteiger partial charge in [-0.3, -0.25) is 14.3 Å². The van der Waals surface area contributed by atoms with Crippen molar-refractivity contribution in [3.05, 3.63) is 72.6 Å². The van der Waals surface area contributed by atoms with Gasteiger partial charge in [0.2, 0.25) is 0 Å². The van der Waals surface area contributed by atoms with Crippen LogP contribution in [0.25, 0.3) is 5.69 Å². The first-order chi connectivity index (χ1) is 12.8. The topological polar surface area (TPSA) is 81.9 Å². The van der Waals surface area contributed by atoms with E-state index in [2.05, 4.69) is 20.5 Å². The Hall–Kier alpha value is -3.06. The normalized spacial score (nSPS) is 19.4. The van der Waals surface area contributed by atoms with Crippen LogP contribution in [-0.2, 0) is 11.2 Å². The first-order valence-electron chi connectivity index (χ1n) is 8.53. The van der Waals surface area contributed by atoms with E-state index in [4.69, 9.17) is 4.74 Å². The summed E-state index contributed by atoms with van der Waals surface area (Å²) in [5, 5.41) is 10.8. The molecule has 7 heteroatoms. The summed E-state index contributed by atoms with van der Waals surface area (Å²) >= 11 is 0. The molecule has 2 atom stereocenters. The highest BCUT2D eigenvalue weighted by Crippen LogP contribution is 2.20. The van der Waals surface area contributed by atoms with Crippen molar-refractivity contribution in [1.82, 2.24) is 25.1 Å². The molecular formula is C19H19N5O2. The summed E-state index contributed by atoms with van der Waals surface area (Å²) in [6, 6.07) is 11.4. The number of hydrogen-bond acceptors (Lipinski definition) is 5. The molecule has 0 unspecified atom stereocenters. The van der Waals surface area contributed by atoms with Crippen LogP contribution in [0.1, 0.15) is 15.9 Å². The zero-order valence-corrected chi connectivity index (χ0v) is 14.2. The highest BCUT2D eigenvalue weighted by atomic mass is 16.5. The van der Waals surface area contributed by atoms with Crippen LogP contribution in [0.5, 0.6) is 0 Å². The van der Waals surface area contributed by atoms with Crippen molar-refractivity contribution in [3.63, 3.8) is 0 Å². The highest BCUT2D eigenvalue weighted by molar-refractivity contribution is 5.98. The smallest absolute Gasteiger partial charge is 0.253 e. The number of carbonyl (C=O) groups is 1. The van der Waals surface area contributed by atoms with Crippen LogP contribution >= 0.6 is 0 Å². The SMILES string of the molecule is O=C(N[C@@H]1COC[C@H]1Cc1ccncc1)c1ccccc1-n1cnnc1. The Morgan fingerprint density at radius 1 is 1.12 bits per heavy atom. The van der Waals surface area contributed by atoms with Gasteiger partial charge in [0.1, 0.15) is 12.7 Å². The van der Waals surface area contributed by atoms with E-state index in [-0.39, 0.29) is 17.9 Å². The first-order valence-corrected chi connectivity index (χ1v) is 8.53. The van der Waals surface area contributed by atoms with Crippen LogP contribution in [0, 0.1) is 5.92 Å². The molecule has 1 fully saturated rings. The van der Waals surface area contributed by atoms with E-state index in [0.29, 0.717) is 18.8 Å². The zero-order chi connectivity index (χ0) is 17.8. The summed E-state index contributed by atoms with van der Waals surface area (Å²) in [6.45, 7) is 1.16. The Labute approximate surface area is 151 Å². The second-order valence-electron chi connectivity index (χ2n) is 6.32. The lowest BCUT2D eigenvalue weighted by atomic mass is 9.95. The number of amides is 1. The Kier molecular flexibility index (Phi) is 4.70. The molecule has 1 aliphatic heterocycles. The van der Waals surface area contributed by atoms with Gasteiger partial charge in [-0.15, -0.1) is 10.2 Å². The molecule has 0 bridgehead atoms. The van der Waals surface area contributed by atoms with Crippen LogP contribution < -0.4 is 5.32 Å². The molecule has 0 spiro atoms. The number of ether oxygens (including phenoxy) is 1. The average Bonchev–Trinajstić information content (AvgIpc) is 3.35. The summed E-state index contributed by atoms with van der Waals surface area (Å²) in [7, 11) is 0. The molecule has 3 heterocycles. The molecule has 7 nitrogen and oxygen atoms in total. The summed E-state index contributed by atoms with van der Waals surface area (Å²) in [5.74, 6) is 0.118. The van der Waals surface area contributed by atoms with Gasteiger partial charge in [0.15, 0.2) is 0 Å². The second-order valence-corrected chi connectivity index (χ2v) is 6.32. The van der Waals surface area contributed by atoms with Gasteiger partial charge in [0, 0.05) is 18.3 Å². The number of rotatable bonds is 5. The molecule has 1 aromatic carbocycles. The number of carbonyl (C=O) groups excluding carboxylic acids is 1. The van der Waals surface area contributed by atoms with Crippen molar-refractivity contribution >= 4 is 5.91 Å². The number of pyridine rings is 1. The number of aromatic nitrogens is 4. The maximum Gasteiger partial charge on any atom is 0.253 e. The summed E-state index contributed by atoms with van der Waals surface area (Å²) < 4.78 is 7.36.